The van der Waals surface area contributed by atoms with Gasteiger partial charge in [-0.25, -0.2) is 9.97 Å². The zero-order valence-electron chi connectivity index (χ0n) is 22.3. The van der Waals surface area contributed by atoms with E-state index in [4.69, 9.17) is 9.97 Å². The fourth-order valence-electron chi connectivity index (χ4n) is 6.30. The summed E-state index contributed by atoms with van der Waals surface area (Å²) in [4.78, 5) is 9.71. The van der Waals surface area contributed by atoms with E-state index in [0.717, 1.165) is 33.8 Å². The fraction of sp³-hybridized carbons (Fsp3) is 0.0556. The van der Waals surface area contributed by atoms with Crippen LogP contribution in [-0.4, -0.2) is 19.1 Å². The summed E-state index contributed by atoms with van der Waals surface area (Å²) in [6, 6.07) is 38.7. The van der Waals surface area contributed by atoms with Crippen LogP contribution in [0.25, 0.3) is 66.4 Å². The van der Waals surface area contributed by atoms with E-state index in [1.54, 1.807) is 0 Å². The third-order valence-electron chi connectivity index (χ3n) is 8.08. The van der Waals surface area contributed by atoms with E-state index in [2.05, 4.69) is 132 Å². The normalized spacial score (nSPS) is 11.8. The largest absolute Gasteiger partial charge is 0.294 e. The van der Waals surface area contributed by atoms with Crippen molar-refractivity contribution in [2.45, 2.75) is 13.8 Å². The molecule has 0 aliphatic heterocycles. The Hall–Kier alpha value is -5.22. The highest BCUT2D eigenvalue weighted by atomic mass is 15.1. The third-order valence-corrected chi connectivity index (χ3v) is 8.08. The average molecular weight is 515 g/mol. The molecule has 4 heteroatoms. The van der Waals surface area contributed by atoms with Crippen molar-refractivity contribution < 1.29 is 0 Å². The molecule has 4 nitrogen and oxygen atoms in total. The summed E-state index contributed by atoms with van der Waals surface area (Å²) in [5.41, 5.74) is 9.38. The molecule has 4 aromatic carbocycles. The molecule has 8 aromatic rings. The van der Waals surface area contributed by atoms with Gasteiger partial charge in [-0.15, -0.1) is 0 Å². The number of pyridine rings is 2. The number of nitrogens with zero attached hydrogens (tertiary/aromatic N) is 4. The summed E-state index contributed by atoms with van der Waals surface area (Å²) in [7, 11) is 0. The first-order chi connectivity index (χ1) is 19.7. The molecule has 0 aliphatic carbocycles. The van der Waals surface area contributed by atoms with Gasteiger partial charge in [-0.05, 0) is 72.5 Å². The Morgan fingerprint density at radius 1 is 0.450 bits per heavy atom. The van der Waals surface area contributed by atoms with Crippen molar-refractivity contribution in [1.82, 2.24) is 19.1 Å². The monoisotopic (exact) mass is 514 g/mol. The maximum Gasteiger partial charge on any atom is 0.138 e. The molecule has 0 amide bonds. The van der Waals surface area contributed by atoms with Crippen LogP contribution in [0.2, 0.25) is 0 Å². The van der Waals surface area contributed by atoms with Crippen molar-refractivity contribution in [1.29, 1.82) is 0 Å². The molecule has 40 heavy (non-hydrogen) atoms. The number of benzene rings is 4. The van der Waals surface area contributed by atoms with Crippen molar-refractivity contribution in [3.05, 3.63) is 133 Å². The molecule has 0 saturated carbocycles. The molecule has 0 radical (unpaired) electrons. The Labute approximate surface area is 231 Å². The molecule has 4 heterocycles. The number of hydrogen-bond donors (Lipinski definition) is 0. The lowest BCUT2D eigenvalue weighted by Crippen LogP contribution is -2.00. The number of fused-ring (bicyclic) bond motifs is 6. The maximum atomic E-state index is 4.86. The third kappa shape index (κ3) is 3.26. The van der Waals surface area contributed by atoms with Crippen molar-refractivity contribution in [2.75, 3.05) is 0 Å². The van der Waals surface area contributed by atoms with Crippen molar-refractivity contribution in [3.8, 4) is 22.8 Å². The summed E-state index contributed by atoms with van der Waals surface area (Å²) >= 11 is 0. The molecule has 8 rings (SSSR count). The van der Waals surface area contributed by atoms with Gasteiger partial charge in [0.15, 0.2) is 0 Å². The molecule has 0 atom stereocenters. The lowest BCUT2D eigenvalue weighted by molar-refractivity contribution is 1.07. The topological polar surface area (TPSA) is 35.6 Å². The Morgan fingerprint density at radius 3 is 1.35 bits per heavy atom. The van der Waals surface area contributed by atoms with Crippen LogP contribution in [0.5, 0.6) is 0 Å². The average Bonchev–Trinajstić information content (AvgIpc) is 3.53. The Balaban J connectivity index is 1.33. The van der Waals surface area contributed by atoms with Crippen LogP contribution in [0.1, 0.15) is 11.1 Å². The molecule has 4 aromatic heterocycles. The second-order valence-corrected chi connectivity index (χ2v) is 10.5. The number of aromatic nitrogens is 4. The number of hydrogen-bond acceptors (Lipinski definition) is 2. The van der Waals surface area contributed by atoms with Gasteiger partial charge in [0.1, 0.15) is 11.6 Å². The van der Waals surface area contributed by atoms with Gasteiger partial charge in [0.25, 0.3) is 0 Å². The van der Waals surface area contributed by atoms with Gasteiger partial charge in [0, 0.05) is 33.9 Å². The van der Waals surface area contributed by atoms with Crippen LogP contribution in [-0.2, 0) is 0 Å². The van der Waals surface area contributed by atoms with E-state index in [-0.39, 0.29) is 0 Å². The van der Waals surface area contributed by atoms with E-state index < -0.39 is 0 Å². The zero-order valence-corrected chi connectivity index (χ0v) is 22.3. The van der Waals surface area contributed by atoms with E-state index in [1.807, 2.05) is 12.4 Å². The summed E-state index contributed by atoms with van der Waals surface area (Å²) in [6.07, 6.45) is 3.82. The molecule has 0 fully saturated rings. The highest BCUT2D eigenvalue weighted by Gasteiger charge is 2.17. The van der Waals surface area contributed by atoms with Crippen LogP contribution in [0.4, 0.5) is 0 Å². The lowest BCUT2D eigenvalue weighted by atomic mass is 10.1. The van der Waals surface area contributed by atoms with Crippen LogP contribution in [0.3, 0.4) is 0 Å². The highest BCUT2D eigenvalue weighted by Crippen LogP contribution is 2.36. The summed E-state index contributed by atoms with van der Waals surface area (Å²) in [5.74, 6) is 1.81. The van der Waals surface area contributed by atoms with Crippen LogP contribution in [0, 0.1) is 13.8 Å². The molecule has 0 bridgehead atoms. The quantitative estimate of drug-likeness (QED) is 0.236. The summed E-state index contributed by atoms with van der Waals surface area (Å²) in [5, 5.41) is 4.97. The minimum atomic E-state index is 0.907. The van der Waals surface area contributed by atoms with Gasteiger partial charge in [-0.1, -0.05) is 72.8 Å². The minimum absolute atomic E-state index is 0.907. The first-order valence-corrected chi connectivity index (χ1v) is 13.6. The number of rotatable bonds is 3. The minimum Gasteiger partial charge on any atom is -0.294 e. The SMILES string of the molecule is Cc1cccc2c3ccccc3n(-c3cc(-c4ccnc(-n5c6ccccc6c6cccc(C)c65)c4)ccn3)c12. The predicted molar refractivity (Wildman–Crippen MR) is 166 cm³/mol. The predicted octanol–water partition coefficient (Wildman–Crippen LogP) is 8.95. The molecule has 0 spiro atoms. The molecule has 0 aliphatic rings. The molecular weight excluding hydrogens is 488 g/mol. The molecule has 0 unspecified atom stereocenters. The first-order valence-electron chi connectivity index (χ1n) is 13.6. The fourth-order valence-corrected chi connectivity index (χ4v) is 6.30. The summed E-state index contributed by atoms with van der Waals surface area (Å²) < 4.78 is 4.59. The molecule has 0 saturated heterocycles. The van der Waals surface area contributed by atoms with Crippen LogP contribution in [0.15, 0.2) is 122 Å². The Kier molecular flexibility index (Phi) is 4.92. The smallest absolute Gasteiger partial charge is 0.138 e. The van der Waals surface area contributed by atoms with Gasteiger partial charge >= 0.3 is 0 Å². The van der Waals surface area contributed by atoms with Crippen molar-refractivity contribution in [3.63, 3.8) is 0 Å². The van der Waals surface area contributed by atoms with Gasteiger partial charge in [-0.2, -0.15) is 0 Å². The van der Waals surface area contributed by atoms with Crippen LogP contribution < -0.4 is 0 Å². The van der Waals surface area contributed by atoms with Crippen molar-refractivity contribution >= 4 is 43.6 Å². The number of para-hydroxylation sites is 4. The van der Waals surface area contributed by atoms with Gasteiger partial charge < -0.3 is 0 Å². The van der Waals surface area contributed by atoms with Crippen molar-refractivity contribution in [2.24, 2.45) is 0 Å². The summed E-state index contributed by atoms with van der Waals surface area (Å²) in [6.45, 7) is 4.34. The Morgan fingerprint density at radius 2 is 0.875 bits per heavy atom. The van der Waals surface area contributed by atoms with Gasteiger partial charge in [0.05, 0.1) is 22.1 Å². The first kappa shape index (κ1) is 22.7. The highest BCUT2D eigenvalue weighted by molar-refractivity contribution is 6.11. The van der Waals surface area contributed by atoms with E-state index in [9.17, 15) is 0 Å². The van der Waals surface area contributed by atoms with E-state index in [1.165, 1.54) is 43.7 Å². The molecule has 190 valence electrons. The number of aryl methyl sites for hydroxylation is 2. The van der Waals surface area contributed by atoms with Crippen LogP contribution >= 0.6 is 0 Å². The molecular formula is C36H26N4. The second kappa shape index (κ2) is 8.65. The lowest BCUT2D eigenvalue weighted by Gasteiger charge is -2.12. The zero-order chi connectivity index (χ0) is 26.8. The van der Waals surface area contributed by atoms with Gasteiger partial charge in [0.2, 0.25) is 0 Å². The van der Waals surface area contributed by atoms with Gasteiger partial charge in [-0.3, -0.25) is 9.13 Å². The van der Waals surface area contributed by atoms with E-state index >= 15 is 0 Å². The standard InChI is InChI=1S/C36H26N4/c1-23-9-7-13-29-27-11-3-5-15-31(27)39(35(23)29)33-21-25(17-19-37-33)26-18-20-38-34(22-26)40-32-16-6-4-12-28(32)30-14-8-10-24(2)36(30)40/h3-22H,1-2H3. The Bertz CT molecular complexity index is 2090. The maximum absolute atomic E-state index is 4.86. The molecule has 0 N–H and O–H groups in total. The second-order valence-electron chi connectivity index (χ2n) is 10.5. The van der Waals surface area contributed by atoms with E-state index in [0.29, 0.717) is 0 Å².